The molecule has 4 rings (SSSR count). The normalized spacial score (nSPS) is 12.2. The van der Waals surface area contributed by atoms with Crippen LogP contribution in [-0.2, 0) is 25.7 Å². The van der Waals surface area contributed by atoms with Crippen molar-refractivity contribution >= 4 is 0 Å². The summed E-state index contributed by atoms with van der Waals surface area (Å²) in [6, 6.07) is 30.9. The summed E-state index contributed by atoms with van der Waals surface area (Å²) in [6.45, 7) is 4.18. The van der Waals surface area contributed by atoms with Crippen molar-refractivity contribution in [1.29, 1.82) is 0 Å². The van der Waals surface area contributed by atoms with Gasteiger partial charge in [0.05, 0.1) is 0 Å². The quantitative estimate of drug-likeness (QED) is 0.198. The molecule has 184 valence electrons. The van der Waals surface area contributed by atoms with Gasteiger partial charge in [-0.1, -0.05) is 97.9 Å². The Bertz CT molecular complexity index is 1250. The van der Waals surface area contributed by atoms with Gasteiger partial charge in [-0.2, -0.15) is 0 Å². The molecule has 0 fully saturated rings. The minimum Gasteiger partial charge on any atom is -0.207 e. The van der Waals surface area contributed by atoms with Gasteiger partial charge in [-0.3, -0.25) is 0 Å². The van der Waals surface area contributed by atoms with Crippen LogP contribution in [0.1, 0.15) is 54.0 Å². The third kappa shape index (κ3) is 6.79. The van der Waals surface area contributed by atoms with E-state index in [0.29, 0.717) is 30.7 Å². The largest absolute Gasteiger partial charge is 0.207 e. The maximum absolute atomic E-state index is 14.4. The van der Waals surface area contributed by atoms with Crippen molar-refractivity contribution in [3.63, 3.8) is 0 Å². The Kier molecular flexibility index (Phi) is 8.84. The molecule has 0 radical (unpaired) electrons. The molecule has 0 aliphatic heterocycles. The van der Waals surface area contributed by atoms with E-state index < -0.39 is 11.6 Å². The van der Waals surface area contributed by atoms with Crippen molar-refractivity contribution in [3.05, 3.63) is 143 Å². The monoisotopic (exact) mass is 480 g/mol. The average Bonchev–Trinajstić information content (AvgIpc) is 2.90. The topological polar surface area (TPSA) is 0 Å². The summed E-state index contributed by atoms with van der Waals surface area (Å²) in [5.41, 5.74) is 7.09. The van der Waals surface area contributed by atoms with Gasteiger partial charge in [0.25, 0.3) is 0 Å². The third-order valence-corrected chi connectivity index (χ3v) is 6.85. The van der Waals surface area contributed by atoms with Gasteiger partial charge in [-0.25, -0.2) is 8.78 Å². The number of hydrogen-bond donors (Lipinski definition) is 0. The van der Waals surface area contributed by atoms with Crippen molar-refractivity contribution in [2.75, 3.05) is 0 Å². The second kappa shape index (κ2) is 12.4. The van der Waals surface area contributed by atoms with Crippen molar-refractivity contribution in [2.24, 2.45) is 0 Å². The first-order chi connectivity index (χ1) is 17.5. The van der Waals surface area contributed by atoms with Gasteiger partial charge in [-0.15, -0.1) is 0 Å². The molecule has 0 N–H and O–H groups in total. The molecule has 0 aliphatic rings. The lowest BCUT2D eigenvalue weighted by Gasteiger charge is -2.12. The molecule has 0 heterocycles. The first kappa shape index (κ1) is 25.6. The molecule has 0 aliphatic carbocycles. The molecule has 0 saturated heterocycles. The lowest BCUT2D eigenvalue weighted by atomic mass is 9.92. The molecular formula is C34H34F2. The van der Waals surface area contributed by atoms with E-state index in [1.165, 1.54) is 34.4 Å². The van der Waals surface area contributed by atoms with E-state index in [-0.39, 0.29) is 5.56 Å². The second-order valence-electron chi connectivity index (χ2n) is 9.56. The Hall–Kier alpha value is -3.52. The molecule has 0 spiro atoms. The highest BCUT2D eigenvalue weighted by atomic mass is 19.1. The summed E-state index contributed by atoms with van der Waals surface area (Å²) in [5, 5.41) is 0. The second-order valence-corrected chi connectivity index (χ2v) is 9.56. The fourth-order valence-corrected chi connectivity index (χ4v) is 4.67. The zero-order chi connectivity index (χ0) is 25.3. The molecule has 4 aromatic rings. The van der Waals surface area contributed by atoms with Crippen LogP contribution in [0.15, 0.2) is 103 Å². The lowest BCUT2D eigenvalue weighted by Crippen LogP contribution is -2.00. The van der Waals surface area contributed by atoms with Gasteiger partial charge in [0.1, 0.15) is 11.6 Å². The zero-order valence-electron chi connectivity index (χ0n) is 21.2. The fourth-order valence-electron chi connectivity index (χ4n) is 4.67. The Morgan fingerprint density at radius 3 is 1.81 bits per heavy atom. The van der Waals surface area contributed by atoms with E-state index in [9.17, 15) is 8.78 Å². The maximum Gasteiger partial charge on any atom is 0.129 e. The van der Waals surface area contributed by atoms with Gasteiger partial charge in [0.15, 0.2) is 0 Å². The highest BCUT2D eigenvalue weighted by Gasteiger charge is 2.11. The Labute approximate surface area is 214 Å². The van der Waals surface area contributed by atoms with Gasteiger partial charge in [0.2, 0.25) is 0 Å². The van der Waals surface area contributed by atoms with E-state index in [1.807, 2.05) is 19.1 Å². The average molecular weight is 481 g/mol. The van der Waals surface area contributed by atoms with Crippen LogP contribution < -0.4 is 0 Å². The van der Waals surface area contributed by atoms with Crippen LogP contribution >= 0.6 is 0 Å². The molecule has 0 aromatic heterocycles. The molecule has 0 saturated carbocycles. The highest BCUT2D eigenvalue weighted by molar-refractivity contribution is 5.64. The Morgan fingerprint density at radius 1 is 0.667 bits per heavy atom. The molecule has 4 aromatic carbocycles. The number of rotatable bonds is 10. The van der Waals surface area contributed by atoms with Crippen LogP contribution in [0.25, 0.3) is 11.1 Å². The van der Waals surface area contributed by atoms with E-state index in [2.05, 4.69) is 85.8 Å². The van der Waals surface area contributed by atoms with Crippen molar-refractivity contribution < 1.29 is 8.78 Å². The molecule has 0 amide bonds. The summed E-state index contributed by atoms with van der Waals surface area (Å²) >= 11 is 0. The first-order valence-electron chi connectivity index (χ1n) is 12.8. The molecular weight excluding hydrogens is 446 g/mol. The standard InChI is InChI=1S/C34H34F2/c1-3-4-6-11-32-33(35)23-28(24-34(32)36)13-12-26-14-18-30(19-15-26)31-20-16-27(17-21-31)22-25(2)29-9-7-5-8-10-29/h3-5,7-10,14-21,23-25H,6,11-13,22H2,1-2H3/t25-/m0/s1. The number of hydrogen-bond acceptors (Lipinski definition) is 0. The van der Waals surface area contributed by atoms with Gasteiger partial charge in [-0.05, 0) is 90.5 Å². The minimum absolute atomic E-state index is 0.182. The van der Waals surface area contributed by atoms with Crippen LogP contribution in [0.3, 0.4) is 0 Å². The summed E-state index contributed by atoms with van der Waals surface area (Å²) in [5.74, 6) is -0.398. The van der Waals surface area contributed by atoms with Gasteiger partial charge in [0, 0.05) is 5.56 Å². The Balaban J connectivity index is 1.34. The van der Waals surface area contributed by atoms with E-state index in [4.69, 9.17) is 0 Å². The predicted molar refractivity (Wildman–Crippen MR) is 147 cm³/mol. The van der Waals surface area contributed by atoms with Gasteiger partial charge >= 0.3 is 0 Å². The third-order valence-electron chi connectivity index (χ3n) is 6.85. The van der Waals surface area contributed by atoms with Crippen molar-refractivity contribution in [1.82, 2.24) is 0 Å². The summed E-state index contributed by atoms with van der Waals surface area (Å²) in [7, 11) is 0. The lowest BCUT2D eigenvalue weighted by molar-refractivity contribution is 0.552. The van der Waals surface area contributed by atoms with Crippen molar-refractivity contribution in [2.45, 2.75) is 51.9 Å². The minimum atomic E-state index is -0.438. The van der Waals surface area contributed by atoms with E-state index in [1.54, 1.807) is 0 Å². The molecule has 0 nitrogen and oxygen atoms in total. The Morgan fingerprint density at radius 2 is 1.22 bits per heavy atom. The molecule has 2 heteroatoms. The zero-order valence-corrected chi connectivity index (χ0v) is 21.2. The number of allylic oxidation sites excluding steroid dienone is 2. The van der Waals surface area contributed by atoms with Crippen LogP contribution in [0.2, 0.25) is 0 Å². The summed E-state index contributed by atoms with van der Waals surface area (Å²) in [4.78, 5) is 0. The van der Waals surface area contributed by atoms with E-state index in [0.717, 1.165) is 18.4 Å². The highest BCUT2D eigenvalue weighted by Crippen LogP contribution is 2.25. The molecule has 0 bridgehead atoms. The van der Waals surface area contributed by atoms with Crippen LogP contribution in [-0.4, -0.2) is 0 Å². The van der Waals surface area contributed by atoms with E-state index >= 15 is 0 Å². The smallest absolute Gasteiger partial charge is 0.129 e. The summed E-state index contributed by atoms with van der Waals surface area (Å²) in [6.07, 6.45) is 7.23. The SMILES string of the molecule is CC=CCCc1c(F)cc(CCc2ccc(-c3ccc(C[C@H](C)c4ccccc4)cc3)cc2)cc1F. The molecule has 1 atom stereocenters. The number of aryl methyl sites for hydroxylation is 2. The van der Waals surface area contributed by atoms with Crippen LogP contribution in [0.4, 0.5) is 8.78 Å². The van der Waals surface area contributed by atoms with Crippen LogP contribution in [0.5, 0.6) is 0 Å². The fraction of sp³-hybridized carbons (Fsp3) is 0.235. The van der Waals surface area contributed by atoms with Crippen molar-refractivity contribution in [3.8, 4) is 11.1 Å². The first-order valence-corrected chi connectivity index (χ1v) is 12.8. The summed E-state index contributed by atoms with van der Waals surface area (Å²) < 4.78 is 28.9. The van der Waals surface area contributed by atoms with Crippen LogP contribution in [0, 0.1) is 11.6 Å². The molecule has 36 heavy (non-hydrogen) atoms. The predicted octanol–water partition coefficient (Wildman–Crippen LogP) is 9.27. The number of benzene rings is 4. The molecule has 0 unspecified atom stereocenters. The number of halogens is 2. The van der Waals surface area contributed by atoms with Gasteiger partial charge < -0.3 is 0 Å². The maximum atomic E-state index is 14.4.